The van der Waals surface area contributed by atoms with E-state index in [1.54, 1.807) is 0 Å². The minimum Gasteiger partial charge on any atom is -0.479 e. The first-order valence-corrected chi connectivity index (χ1v) is 6.69. The van der Waals surface area contributed by atoms with E-state index in [0.717, 1.165) is 17.5 Å². The molecule has 4 nitrogen and oxygen atoms in total. The van der Waals surface area contributed by atoms with Gasteiger partial charge >= 0.3 is 5.97 Å². The summed E-state index contributed by atoms with van der Waals surface area (Å²) in [5, 5.41) is 18.5. The van der Waals surface area contributed by atoms with Gasteiger partial charge in [-0.3, -0.25) is 0 Å². The number of benzene rings is 1. The molecule has 4 heteroatoms. The van der Waals surface area contributed by atoms with Gasteiger partial charge in [0.1, 0.15) is 0 Å². The minimum absolute atomic E-state index is 0.00769. The number of ether oxygens (including phenoxy) is 1. The van der Waals surface area contributed by atoms with E-state index in [0.29, 0.717) is 18.8 Å². The van der Waals surface area contributed by atoms with Crippen molar-refractivity contribution >= 4 is 5.97 Å². The Morgan fingerprint density at radius 3 is 2.89 bits per heavy atom. The molecule has 19 heavy (non-hydrogen) atoms. The van der Waals surface area contributed by atoms with Gasteiger partial charge in [-0.1, -0.05) is 31.2 Å². The van der Waals surface area contributed by atoms with Crippen molar-refractivity contribution in [2.75, 3.05) is 13.2 Å². The first-order valence-electron chi connectivity index (χ1n) is 6.69. The Kier molecular flexibility index (Phi) is 4.22. The van der Waals surface area contributed by atoms with Gasteiger partial charge in [0.2, 0.25) is 0 Å². The molecule has 1 aromatic carbocycles. The summed E-state index contributed by atoms with van der Waals surface area (Å²) in [7, 11) is 0. The smallest absolute Gasteiger partial charge is 0.340 e. The molecule has 2 rings (SSSR count). The molecule has 2 N–H and O–H groups in total. The predicted octanol–water partition coefficient (Wildman–Crippen LogP) is 2.26. The van der Waals surface area contributed by atoms with Gasteiger partial charge in [-0.2, -0.15) is 0 Å². The summed E-state index contributed by atoms with van der Waals surface area (Å²) in [6.45, 7) is 2.37. The summed E-state index contributed by atoms with van der Waals surface area (Å²) in [6, 6.07) is 7.61. The molecule has 0 saturated heterocycles. The van der Waals surface area contributed by atoms with Crippen LogP contribution in [0.1, 0.15) is 43.2 Å². The van der Waals surface area contributed by atoms with Crippen LogP contribution in [0.5, 0.6) is 0 Å². The SMILES string of the molecule is CC1CCC(OCCCO)(C(=O)O)c2ccccc21. The first kappa shape index (κ1) is 14.0. The lowest BCUT2D eigenvalue weighted by atomic mass is 9.74. The zero-order valence-corrected chi connectivity index (χ0v) is 11.1. The molecule has 0 heterocycles. The van der Waals surface area contributed by atoms with Gasteiger partial charge in [0.15, 0.2) is 5.60 Å². The van der Waals surface area contributed by atoms with Crippen molar-refractivity contribution in [1.82, 2.24) is 0 Å². The first-order chi connectivity index (χ1) is 9.12. The molecular weight excluding hydrogens is 244 g/mol. The minimum atomic E-state index is -1.25. The van der Waals surface area contributed by atoms with Crippen molar-refractivity contribution in [2.45, 2.75) is 37.7 Å². The number of aliphatic hydroxyl groups excluding tert-OH is 1. The molecule has 0 radical (unpaired) electrons. The summed E-state index contributed by atoms with van der Waals surface area (Å²) in [5.41, 5.74) is 0.567. The Hall–Kier alpha value is -1.39. The summed E-state index contributed by atoms with van der Waals surface area (Å²) < 4.78 is 5.69. The molecule has 1 aliphatic rings. The predicted molar refractivity (Wildman–Crippen MR) is 71.1 cm³/mol. The number of carbonyl (C=O) groups is 1. The monoisotopic (exact) mass is 264 g/mol. The van der Waals surface area contributed by atoms with E-state index < -0.39 is 11.6 Å². The Morgan fingerprint density at radius 1 is 1.47 bits per heavy atom. The van der Waals surface area contributed by atoms with Gasteiger partial charge in [-0.25, -0.2) is 4.79 Å². The Bertz CT molecular complexity index is 457. The van der Waals surface area contributed by atoms with Gasteiger partial charge in [-0.15, -0.1) is 0 Å². The maximum atomic E-state index is 11.8. The number of carboxylic acid groups (broad SMARTS) is 1. The number of hydrogen-bond acceptors (Lipinski definition) is 3. The van der Waals surface area contributed by atoms with Gasteiger partial charge < -0.3 is 14.9 Å². The number of rotatable bonds is 5. The highest BCUT2D eigenvalue weighted by atomic mass is 16.5. The van der Waals surface area contributed by atoms with E-state index in [9.17, 15) is 9.90 Å². The molecule has 0 saturated carbocycles. The number of fused-ring (bicyclic) bond motifs is 1. The Morgan fingerprint density at radius 2 is 2.21 bits per heavy atom. The molecular formula is C15H20O4. The van der Waals surface area contributed by atoms with Crippen LogP contribution in [0.4, 0.5) is 0 Å². The van der Waals surface area contributed by atoms with Crippen LogP contribution in [0, 0.1) is 0 Å². The van der Waals surface area contributed by atoms with Crippen molar-refractivity contribution in [3.63, 3.8) is 0 Å². The van der Waals surface area contributed by atoms with Crippen molar-refractivity contribution in [3.05, 3.63) is 35.4 Å². The van der Waals surface area contributed by atoms with Gasteiger partial charge in [0, 0.05) is 6.61 Å². The average Bonchev–Trinajstić information content (AvgIpc) is 2.42. The van der Waals surface area contributed by atoms with Crippen LogP contribution in [0.2, 0.25) is 0 Å². The highest BCUT2D eigenvalue weighted by Gasteiger charge is 2.46. The number of carboxylic acids is 1. The zero-order chi connectivity index (χ0) is 13.9. The second kappa shape index (κ2) is 5.72. The average molecular weight is 264 g/mol. The lowest BCUT2D eigenvalue weighted by Gasteiger charge is -2.37. The molecule has 1 aliphatic carbocycles. The van der Waals surface area contributed by atoms with Crippen LogP contribution in [0.15, 0.2) is 24.3 Å². The van der Waals surface area contributed by atoms with Crippen LogP contribution in [-0.2, 0) is 15.1 Å². The van der Waals surface area contributed by atoms with E-state index in [1.165, 1.54) is 0 Å². The molecule has 0 aliphatic heterocycles. The van der Waals surface area contributed by atoms with Crippen LogP contribution in [0.25, 0.3) is 0 Å². The molecule has 0 fully saturated rings. The quantitative estimate of drug-likeness (QED) is 0.801. The molecule has 0 aromatic heterocycles. The third-order valence-electron chi connectivity index (χ3n) is 3.85. The van der Waals surface area contributed by atoms with Crippen molar-refractivity contribution in [1.29, 1.82) is 0 Å². The van der Waals surface area contributed by atoms with E-state index in [2.05, 4.69) is 6.92 Å². The fourth-order valence-electron chi connectivity index (χ4n) is 2.75. The normalized spacial score (nSPS) is 25.9. The second-order valence-corrected chi connectivity index (χ2v) is 5.08. The number of aliphatic carboxylic acids is 1. The van der Waals surface area contributed by atoms with Crippen LogP contribution >= 0.6 is 0 Å². The van der Waals surface area contributed by atoms with E-state index in [4.69, 9.17) is 9.84 Å². The second-order valence-electron chi connectivity index (χ2n) is 5.08. The maximum Gasteiger partial charge on any atom is 0.340 e. The van der Waals surface area contributed by atoms with Crippen LogP contribution in [-0.4, -0.2) is 29.4 Å². The molecule has 104 valence electrons. The highest BCUT2D eigenvalue weighted by Crippen LogP contribution is 2.43. The Balaban J connectivity index is 2.39. The van der Waals surface area contributed by atoms with Gasteiger partial charge in [0.05, 0.1) is 6.61 Å². The summed E-state index contributed by atoms with van der Waals surface area (Å²) in [4.78, 5) is 11.8. The molecule has 0 bridgehead atoms. The van der Waals surface area contributed by atoms with E-state index in [1.807, 2.05) is 24.3 Å². The summed E-state index contributed by atoms with van der Waals surface area (Å²) in [5.74, 6) is -0.588. The largest absolute Gasteiger partial charge is 0.479 e. The van der Waals surface area contributed by atoms with E-state index >= 15 is 0 Å². The van der Waals surface area contributed by atoms with Gasteiger partial charge in [-0.05, 0) is 36.3 Å². The molecule has 2 atom stereocenters. The third kappa shape index (κ3) is 2.51. The lowest BCUT2D eigenvalue weighted by molar-refractivity contribution is -0.171. The fraction of sp³-hybridized carbons (Fsp3) is 0.533. The van der Waals surface area contributed by atoms with Crippen LogP contribution in [0.3, 0.4) is 0 Å². The standard InChI is InChI=1S/C15H20O4/c1-11-7-8-15(14(17)18,19-10-4-9-16)13-6-3-2-5-12(11)13/h2-3,5-6,11,16H,4,7-10H2,1H3,(H,17,18). The third-order valence-corrected chi connectivity index (χ3v) is 3.85. The van der Waals surface area contributed by atoms with E-state index in [-0.39, 0.29) is 13.2 Å². The van der Waals surface area contributed by atoms with Crippen molar-refractivity contribution < 1.29 is 19.7 Å². The summed E-state index contributed by atoms with van der Waals surface area (Å²) in [6.07, 6.45) is 1.72. The van der Waals surface area contributed by atoms with Crippen molar-refractivity contribution in [3.8, 4) is 0 Å². The molecule has 0 amide bonds. The zero-order valence-electron chi connectivity index (χ0n) is 11.1. The number of hydrogen-bond donors (Lipinski definition) is 2. The Labute approximate surface area is 113 Å². The molecule has 0 spiro atoms. The molecule has 1 aromatic rings. The number of aliphatic hydroxyl groups is 1. The molecule has 2 unspecified atom stereocenters. The summed E-state index contributed by atoms with van der Waals surface area (Å²) >= 11 is 0. The fourth-order valence-corrected chi connectivity index (χ4v) is 2.75. The van der Waals surface area contributed by atoms with Gasteiger partial charge in [0.25, 0.3) is 0 Å². The highest BCUT2D eigenvalue weighted by molar-refractivity contribution is 5.80. The van der Waals surface area contributed by atoms with Crippen LogP contribution < -0.4 is 0 Å². The topological polar surface area (TPSA) is 66.8 Å². The lowest BCUT2D eigenvalue weighted by Crippen LogP contribution is -2.42. The van der Waals surface area contributed by atoms with Crippen molar-refractivity contribution in [2.24, 2.45) is 0 Å². The maximum absolute atomic E-state index is 11.8.